The van der Waals surface area contributed by atoms with E-state index in [1.54, 1.807) is 0 Å². The number of sulfonamides is 1. The molecular weight excluding hydrogens is 367 g/mol. The zero-order chi connectivity index (χ0) is 17.3. The van der Waals surface area contributed by atoms with Gasteiger partial charge in [0.15, 0.2) is 0 Å². The van der Waals surface area contributed by atoms with Gasteiger partial charge in [0.25, 0.3) is 0 Å². The van der Waals surface area contributed by atoms with Crippen LogP contribution in [-0.2, 0) is 16.2 Å². The van der Waals surface area contributed by atoms with Crippen LogP contribution in [-0.4, -0.2) is 21.0 Å². The summed E-state index contributed by atoms with van der Waals surface area (Å²) in [7, 11) is -4.11. The number of nitrogens with two attached hydrogens (primary N) is 1. The standard InChI is InChI=1S/C14H16F3N3O2S.ClH/c15-14(16,17)12-6-11(5-4-9(12)7-18)23(21,22)20-13-3-1-2-10(13)8-19;/h4-6,10,13,20H,1-3,8,19H2;1H. The summed E-state index contributed by atoms with van der Waals surface area (Å²) < 4.78 is 65.9. The normalized spacial score (nSPS) is 21.1. The molecule has 0 aromatic heterocycles. The average molecular weight is 384 g/mol. The molecule has 0 bridgehead atoms. The van der Waals surface area contributed by atoms with Crippen molar-refractivity contribution in [2.45, 2.75) is 36.4 Å². The first kappa shape index (κ1) is 20.7. The molecule has 1 aliphatic rings. The molecule has 1 saturated carbocycles. The van der Waals surface area contributed by atoms with Crippen molar-refractivity contribution in [1.29, 1.82) is 5.26 Å². The van der Waals surface area contributed by atoms with Gasteiger partial charge in [0.05, 0.1) is 22.1 Å². The van der Waals surface area contributed by atoms with Crippen LogP contribution in [0.2, 0.25) is 0 Å². The van der Waals surface area contributed by atoms with E-state index in [9.17, 15) is 21.6 Å². The number of hydrogen-bond acceptors (Lipinski definition) is 4. The Labute approximate surface area is 144 Å². The maximum atomic E-state index is 12.9. The topological polar surface area (TPSA) is 96.0 Å². The number of alkyl halides is 3. The van der Waals surface area contributed by atoms with Gasteiger partial charge in [-0.15, -0.1) is 12.4 Å². The van der Waals surface area contributed by atoms with Gasteiger partial charge in [0, 0.05) is 6.04 Å². The first-order chi connectivity index (χ1) is 10.7. The summed E-state index contributed by atoms with van der Waals surface area (Å²) in [5.41, 5.74) is 3.71. The lowest BCUT2D eigenvalue weighted by molar-refractivity contribution is -0.137. The minimum Gasteiger partial charge on any atom is -0.330 e. The van der Waals surface area contributed by atoms with Crippen molar-refractivity contribution in [3.8, 4) is 6.07 Å². The van der Waals surface area contributed by atoms with Gasteiger partial charge in [-0.1, -0.05) is 6.42 Å². The molecule has 1 fully saturated rings. The predicted molar refractivity (Wildman–Crippen MR) is 83.9 cm³/mol. The molecule has 0 radical (unpaired) electrons. The van der Waals surface area contributed by atoms with E-state index in [4.69, 9.17) is 11.0 Å². The largest absolute Gasteiger partial charge is 0.417 e. The van der Waals surface area contributed by atoms with E-state index in [1.165, 1.54) is 6.07 Å². The summed E-state index contributed by atoms with van der Waals surface area (Å²) in [6, 6.07) is 3.40. The molecule has 0 amide bonds. The summed E-state index contributed by atoms with van der Waals surface area (Å²) in [5, 5.41) is 8.74. The van der Waals surface area contributed by atoms with Crippen LogP contribution >= 0.6 is 12.4 Å². The molecular formula is C14H17ClF3N3O2S. The third-order valence-corrected chi connectivity index (χ3v) is 5.48. The highest BCUT2D eigenvalue weighted by atomic mass is 35.5. The maximum Gasteiger partial charge on any atom is 0.417 e. The Morgan fingerprint density at radius 2 is 2.00 bits per heavy atom. The Balaban J connectivity index is 0.00000288. The number of hydrogen-bond donors (Lipinski definition) is 2. The predicted octanol–water partition coefficient (Wildman–Crippen LogP) is 2.40. The lowest BCUT2D eigenvalue weighted by Gasteiger charge is -2.20. The van der Waals surface area contributed by atoms with Gasteiger partial charge in [-0.25, -0.2) is 13.1 Å². The Kier molecular flexibility index (Phi) is 6.64. The quantitative estimate of drug-likeness (QED) is 0.834. The van der Waals surface area contributed by atoms with Crippen molar-refractivity contribution >= 4 is 22.4 Å². The van der Waals surface area contributed by atoms with E-state index >= 15 is 0 Å². The maximum absolute atomic E-state index is 12.9. The molecule has 0 saturated heterocycles. The second-order valence-corrected chi connectivity index (χ2v) is 7.19. The third kappa shape index (κ3) is 4.39. The first-order valence-corrected chi connectivity index (χ1v) is 8.51. The molecule has 1 aromatic carbocycles. The number of nitrogens with zero attached hydrogens (tertiary/aromatic N) is 1. The highest BCUT2D eigenvalue weighted by Crippen LogP contribution is 2.33. The van der Waals surface area contributed by atoms with Crippen molar-refractivity contribution in [3.05, 3.63) is 29.3 Å². The smallest absolute Gasteiger partial charge is 0.330 e. The Morgan fingerprint density at radius 3 is 2.54 bits per heavy atom. The van der Waals surface area contributed by atoms with E-state index < -0.39 is 32.2 Å². The first-order valence-electron chi connectivity index (χ1n) is 7.03. The molecule has 24 heavy (non-hydrogen) atoms. The second-order valence-electron chi connectivity index (χ2n) is 5.47. The van der Waals surface area contributed by atoms with Gasteiger partial charge < -0.3 is 5.73 Å². The molecule has 10 heteroatoms. The molecule has 0 aliphatic heterocycles. The van der Waals surface area contributed by atoms with Crippen molar-refractivity contribution in [3.63, 3.8) is 0 Å². The Bertz CT molecular complexity index is 732. The SMILES string of the molecule is Cl.N#Cc1ccc(S(=O)(=O)NC2CCCC2CN)cc1C(F)(F)F. The zero-order valence-corrected chi connectivity index (χ0v) is 14.1. The number of benzene rings is 1. The molecule has 1 aromatic rings. The molecule has 2 unspecified atom stereocenters. The van der Waals surface area contributed by atoms with Gasteiger partial charge in [0.1, 0.15) is 0 Å². The molecule has 134 valence electrons. The summed E-state index contributed by atoms with van der Waals surface area (Å²) in [5.74, 6) is -0.0229. The number of nitrogens with one attached hydrogen (secondary N) is 1. The highest BCUT2D eigenvalue weighted by molar-refractivity contribution is 7.89. The fraction of sp³-hybridized carbons (Fsp3) is 0.500. The van der Waals surface area contributed by atoms with Crippen LogP contribution in [0.3, 0.4) is 0 Å². The molecule has 3 N–H and O–H groups in total. The number of rotatable bonds is 4. The molecule has 0 heterocycles. The van der Waals surface area contributed by atoms with Gasteiger partial charge in [-0.2, -0.15) is 18.4 Å². The molecule has 5 nitrogen and oxygen atoms in total. The molecule has 0 spiro atoms. The summed E-state index contributed by atoms with van der Waals surface area (Å²) >= 11 is 0. The number of halogens is 4. The Hall–Kier alpha value is -1.34. The van der Waals surface area contributed by atoms with E-state index in [2.05, 4.69) is 4.72 Å². The number of nitriles is 1. The second kappa shape index (κ2) is 7.70. The fourth-order valence-electron chi connectivity index (χ4n) is 2.76. The lowest BCUT2D eigenvalue weighted by Crippen LogP contribution is -2.39. The van der Waals surface area contributed by atoms with Crippen LogP contribution in [0, 0.1) is 17.2 Å². The van der Waals surface area contributed by atoms with E-state index in [-0.39, 0.29) is 24.4 Å². The minimum atomic E-state index is -4.80. The monoisotopic (exact) mass is 383 g/mol. The van der Waals surface area contributed by atoms with Crippen LogP contribution < -0.4 is 10.5 Å². The van der Waals surface area contributed by atoms with Crippen molar-refractivity contribution < 1.29 is 21.6 Å². The van der Waals surface area contributed by atoms with Crippen LogP contribution in [0.1, 0.15) is 30.4 Å². The van der Waals surface area contributed by atoms with Gasteiger partial charge >= 0.3 is 6.18 Å². The average Bonchev–Trinajstić information content (AvgIpc) is 2.92. The summed E-state index contributed by atoms with van der Waals surface area (Å²) in [6.45, 7) is 0.314. The molecule has 1 aliphatic carbocycles. The van der Waals surface area contributed by atoms with E-state index in [0.717, 1.165) is 25.0 Å². The minimum absolute atomic E-state index is 0. The molecule has 2 rings (SSSR count). The van der Waals surface area contributed by atoms with Crippen LogP contribution in [0.5, 0.6) is 0 Å². The van der Waals surface area contributed by atoms with Crippen LogP contribution in [0.15, 0.2) is 23.1 Å². The zero-order valence-electron chi connectivity index (χ0n) is 12.5. The van der Waals surface area contributed by atoms with Gasteiger partial charge in [-0.3, -0.25) is 0 Å². The van der Waals surface area contributed by atoms with Crippen LogP contribution in [0.4, 0.5) is 13.2 Å². The van der Waals surface area contributed by atoms with E-state index in [1.807, 2.05) is 0 Å². The van der Waals surface area contributed by atoms with Crippen molar-refractivity contribution in [2.75, 3.05) is 6.54 Å². The van der Waals surface area contributed by atoms with Crippen LogP contribution in [0.25, 0.3) is 0 Å². The Morgan fingerprint density at radius 1 is 1.33 bits per heavy atom. The summed E-state index contributed by atoms with van der Waals surface area (Å²) in [6.07, 6.45) is -2.60. The van der Waals surface area contributed by atoms with Crippen molar-refractivity contribution in [2.24, 2.45) is 11.7 Å². The molecule has 2 atom stereocenters. The highest BCUT2D eigenvalue weighted by Gasteiger charge is 2.36. The fourth-order valence-corrected chi connectivity index (χ4v) is 4.13. The van der Waals surface area contributed by atoms with Gasteiger partial charge in [-0.05, 0) is 43.5 Å². The van der Waals surface area contributed by atoms with E-state index in [0.29, 0.717) is 19.0 Å². The van der Waals surface area contributed by atoms with Crippen molar-refractivity contribution in [1.82, 2.24) is 4.72 Å². The third-order valence-electron chi connectivity index (χ3n) is 4.00. The lowest BCUT2D eigenvalue weighted by atomic mass is 10.1. The van der Waals surface area contributed by atoms with Gasteiger partial charge in [0.2, 0.25) is 10.0 Å². The summed E-state index contributed by atoms with van der Waals surface area (Å²) in [4.78, 5) is -0.508.